The summed E-state index contributed by atoms with van der Waals surface area (Å²) in [4.78, 5) is 2.38. The number of nitrogens with one attached hydrogen (secondary N) is 1. The Kier molecular flexibility index (Phi) is 5.72. The summed E-state index contributed by atoms with van der Waals surface area (Å²) in [6.45, 7) is 4.94. The number of benzene rings is 2. The maximum Gasteiger partial charge on any atom is 0.168 e. The van der Waals surface area contributed by atoms with Crippen molar-refractivity contribution in [2.24, 2.45) is 5.73 Å². The van der Waals surface area contributed by atoms with Gasteiger partial charge in [0, 0.05) is 18.8 Å². The Bertz CT molecular complexity index is 584. The minimum atomic E-state index is 0.300. The molecule has 2 aromatic rings. The first kappa shape index (κ1) is 15.5. The molecule has 3 N–H and O–H groups in total. The number of nitrogens with two attached hydrogens (primary N) is 1. The first-order valence-corrected chi connectivity index (χ1v) is 7.50. The summed E-state index contributed by atoms with van der Waals surface area (Å²) in [5.74, 6) is 0. The number of anilines is 1. The average Bonchev–Trinajstić information content (AvgIpc) is 2.49. The van der Waals surface area contributed by atoms with Crippen LogP contribution in [0.1, 0.15) is 18.1 Å². The van der Waals surface area contributed by atoms with Crippen molar-refractivity contribution in [3.05, 3.63) is 65.7 Å². The van der Waals surface area contributed by atoms with E-state index in [-0.39, 0.29) is 0 Å². The van der Waals surface area contributed by atoms with E-state index >= 15 is 0 Å². The van der Waals surface area contributed by atoms with Crippen LogP contribution in [0.4, 0.5) is 5.69 Å². The van der Waals surface area contributed by atoms with Crippen molar-refractivity contribution in [1.29, 1.82) is 0 Å². The molecule has 0 radical (unpaired) electrons. The van der Waals surface area contributed by atoms with Crippen LogP contribution in [0.15, 0.2) is 54.6 Å². The maximum atomic E-state index is 5.59. The molecule has 2 rings (SSSR count). The minimum Gasteiger partial charge on any atom is -0.376 e. The van der Waals surface area contributed by atoms with Gasteiger partial charge < -0.3 is 11.1 Å². The molecule has 21 heavy (non-hydrogen) atoms. The molecule has 0 atom stereocenters. The maximum absolute atomic E-state index is 5.59. The van der Waals surface area contributed by atoms with Gasteiger partial charge in [0.2, 0.25) is 0 Å². The number of hydrogen-bond acceptors (Lipinski definition) is 2. The van der Waals surface area contributed by atoms with E-state index in [1.807, 2.05) is 24.3 Å². The lowest BCUT2D eigenvalue weighted by molar-refractivity contribution is 0.272. The Labute approximate surface area is 131 Å². The van der Waals surface area contributed by atoms with Crippen molar-refractivity contribution in [1.82, 2.24) is 4.90 Å². The quantitative estimate of drug-likeness (QED) is 0.803. The van der Waals surface area contributed by atoms with Crippen molar-refractivity contribution < 1.29 is 0 Å². The van der Waals surface area contributed by atoms with E-state index in [0.717, 1.165) is 25.3 Å². The molecule has 0 heterocycles. The van der Waals surface area contributed by atoms with Crippen molar-refractivity contribution in [2.75, 3.05) is 11.9 Å². The molecular weight excluding hydrogens is 278 g/mol. The van der Waals surface area contributed by atoms with Crippen LogP contribution in [-0.2, 0) is 13.1 Å². The molecule has 0 fully saturated rings. The van der Waals surface area contributed by atoms with Gasteiger partial charge in [-0.1, -0.05) is 55.5 Å². The van der Waals surface area contributed by atoms with Crippen molar-refractivity contribution in [3.8, 4) is 0 Å². The number of nitrogens with zero attached hydrogens (tertiary/aromatic N) is 1. The van der Waals surface area contributed by atoms with Gasteiger partial charge in [0.15, 0.2) is 5.11 Å². The van der Waals surface area contributed by atoms with Crippen molar-refractivity contribution in [2.45, 2.75) is 20.0 Å². The average molecular weight is 299 g/mol. The molecule has 0 aliphatic carbocycles. The van der Waals surface area contributed by atoms with Gasteiger partial charge in [0.1, 0.15) is 0 Å². The molecule has 3 nitrogen and oxygen atoms in total. The SMILES string of the molecule is CCN(Cc1ccccc1)Cc1ccccc1NC(N)=S. The summed E-state index contributed by atoms with van der Waals surface area (Å²) in [5.41, 5.74) is 9.09. The minimum absolute atomic E-state index is 0.300. The van der Waals surface area contributed by atoms with E-state index in [0.29, 0.717) is 5.11 Å². The van der Waals surface area contributed by atoms with Gasteiger partial charge in [-0.15, -0.1) is 0 Å². The lowest BCUT2D eigenvalue weighted by Crippen LogP contribution is -2.24. The fraction of sp³-hybridized carbons (Fsp3) is 0.235. The molecule has 0 spiro atoms. The molecule has 4 heteroatoms. The third kappa shape index (κ3) is 4.85. The number of hydrogen-bond donors (Lipinski definition) is 2. The second kappa shape index (κ2) is 7.76. The fourth-order valence-corrected chi connectivity index (χ4v) is 2.38. The molecule has 110 valence electrons. The molecule has 0 bridgehead atoms. The first-order valence-electron chi connectivity index (χ1n) is 7.09. The van der Waals surface area contributed by atoms with Crippen LogP contribution in [0.25, 0.3) is 0 Å². The summed E-state index contributed by atoms with van der Waals surface area (Å²) in [6, 6.07) is 18.6. The Balaban J connectivity index is 2.09. The van der Waals surface area contributed by atoms with Crippen LogP contribution >= 0.6 is 12.2 Å². The molecule has 0 aromatic heterocycles. The fourth-order valence-electron chi connectivity index (χ4n) is 2.27. The lowest BCUT2D eigenvalue weighted by atomic mass is 10.1. The Morgan fingerprint density at radius 2 is 1.71 bits per heavy atom. The van der Waals surface area contributed by atoms with Gasteiger partial charge in [-0.2, -0.15) is 0 Å². The molecule has 0 saturated heterocycles. The topological polar surface area (TPSA) is 41.3 Å². The molecular formula is C17H21N3S. The van der Waals surface area contributed by atoms with Gasteiger partial charge in [-0.3, -0.25) is 4.90 Å². The van der Waals surface area contributed by atoms with E-state index < -0.39 is 0 Å². The first-order chi connectivity index (χ1) is 10.2. The molecule has 2 aromatic carbocycles. The third-order valence-corrected chi connectivity index (χ3v) is 3.47. The zero-order valence-electron chi connectivity index (χ0n) is 12.3. The number of rotatable bonds is 6. The zero-order chi connectivity index (χ0) is 15.1. The Hall–Kier alpha value is -1.91. The van der Waals surface area contributed by atoms with Gasteiger partial charge in [-0.25, -0.2) is 0 Å². The molecule has 0 aliphatic heterocycles. The highest BCUT2D eigenvalue weighted by Crippen LogP contribution is 2.18. The summed E-state index contributed by atoms with van der Waals surface area (Å²) >= 11 is 4.94. The highest BCUT2D eigenvalue weighted by Gasteiger charge is 2.08. The van der Waals surface area contributed by atoms with Gasteiger partial charge in [0.05, 0.1) is 0 Å². The third-order valence-electron chi connectivity index (χ3n) is 3.37. The zero-order valence-corrected chi connectivity index (χ0v) is 13.1. The van der Waals surface area contributed by atoms with Crippen LogP contribution in [-0.4, -0.2) is 16.6 Å². The molecule has 0 aliphatic rings. The smallest absolute Gasteiger partial charge is 0.168 e. The van der Waals surface area contributed by atoms with E-state index in [2.05, 4.69) is 47.5 Å². The summed E-state index contributed by atoms with van der Waals surface area (Å²) < 4.78 is 0. The second-order valence-electron chi connectivity index (χ2n) is 4.94. The summed E-state index contributed by atoms with van der Waals surface area (Å²) in [6.07, 6.45) is 0. The van der Waals surface area contributed by atoms with Crippen LogP contribution in [0, 0.1) is 0 Å². The summed E-state index contributed by atoms with van der Waals surface area (Å²) in [5, 5.41) is 3.35. The predicted octanol–water partition coefficient (Wildman–Crippen LogP) is 3.36. The van der Waals surface area contributed by atoms with Crippen LogP contribution in [0.3, 0.4) is 0 Å². The van der Waals surface area contributed by atoms with Gasteiger partial charge in [-0.05, 0) is 36.0 Å². The Morgan fingerprint density at radius 1 is 1.05 bits per heavy atom. The van der Waals surface area contributed by atoms with E-state index in [4.69, 9.17) is 18.0 Å². The van der Waals surface area contributed by atoms with Crippen LogP contribution in [0.2, 0.25) is 0 Å². The van der Waals surface area contributed by atoms with Crippen LogP contribution in [0.5, 0.6) is 0 Å². The predicted molar refractivity (Wildman–Crippen MR) is 93.1 cm³/mol. The number of thiocarbonyl (C=S) groups is 1. The normalized spacial score (nSPS) is 10.6. The van der Waals surface area contributed by atoms with E-state index in [1.54, 1.807) is 0 Å². The van der Waals surface area contributed by atoms with E-state index in [1.165, 1.54) is 11.1 Å². The second-order valence-corrected chi connectivity index (χ2v) is 5.38. The largest absolute Gasteiger partial charge is 0.376 e. The lowest BCUT2D eigenvalue weighted by Gasteiger charge is -2.22. The van der Waals surface area contributed by atoms with Gasteiger partial charge >= 0.3 is 0 Å². The monoisotopic (exact) mass is 299 g/mol. The molecule has 0 amide bonds. The number of para-hydroxylation sites is 1. The van der Waals surface area contributed by atoms with Gasteiger partial charge in [0.25, 0.3) is 0 Å². The molecule has 0 saturated carbocycles. The van der Waals surface area contributed by atoms with Crippen molar-refractivity contribution >= 4 is 23.0 Å². The Morgan fingerprint density at radius 3 is 2.38 bits per heavy atom. The van der Waals surface area contributed by atoms with E-state index in [9.17, 15) is 0 Å². The highest BCUT2D eigenvalue weighted by atomic mass is 32.1. The van der Waals surface area contributed by atoms with Crippen molar-refractivity contribution in [3.63, 3.8) is 0 Å². The standard InChI is InChI=1S/C17H21N3S/c1-2-20(12-14-8-4-3-5-9-14)13-15-10-6-7-11-16(15)19-17(18)21/h3-11H,2,12-13H2,1H3,(H3,18,19,21). The summed E-state index contributed by atoms with van der Waals surface area (Å²) in [7, 11) is 0. The molecule has 0 unspecified atom stereocenters. The highest BCUT2D eigenvalue weighted by molar-refractivity contribution is 7.80. The van der Waals surface area contributed by atoms with Crippen LogP contribution < -0.4 is 11.1 Å².